The molecule has 1 aromatic carbocycles. The fourth-order valence-corrected chi connectivity index (χ4v) is 4.76. The zero-order valence-electron chi connectivity index (χ0n) is 11.8. The van der Waals surface area contributed by atoms with Gasteiger partial charge in [-0.2, -0.15) is 9.78 Å². The van der Waals surface area contributed by atoms with Gasteiger partial charge in [0.2, 0.25) is 0 Å². The van der Waals surface area contributed by atoms with Crippen LogP contribution in [0.5, 0.6) is 0 Å². The molecule has 6 nitrogen and oxygen atoms in total. The van der Waals surface area contributed by atoms with Gasteiger partial charge in [0.25, 0.3) is 0 Å². The Hall–Kier alpha value is -1.54. The second kappa shape index (κ2) is 6.48. The normalized spacial score (nSPS) is 13.2. The van der Waals surface area contributed by atoms with Crippen LogP contribution in [0.2, 0.25) is 0 Å². The topological polar surface area (TPSA) is 74.0 Å². The summed E-state index contributed by atoms with van der Waals surface area (Å²) in [7, 11) is -1.88. The Balaban J connectivity index is 2.33. The van der Waals surface area contributed by atoms with Gasteiger partial charge in [-0.25, -0.2) is 13.2 Å². The van der Waals surface area contributed by atoms with Crippen LogP contribution >= 0.6 is 11.8 Å². The number of hydrogen-bond donors (Lipinski definition) is 0. The highest BCUT2D eigenvalue weighted by Crippen LogP contribution is 2.25. The fraction of sp³-hybridized carbons (Fsp3) is 0.385. The van der Waals surface area contributed by atoms with Gasteiger partial charge < -0.3 is 0 Å². The molecule has 8 heteroatoms. The third-order valence-electron chi connectivity index (χ3n) is 2.94. The lowest BCUT2D eigenvalue weighted by Gasteiger charge is -2.15. The van der Waals surface area contributed by atoms with Gasteiger partial charge in [-0.3, -0.25) is 4.57 Å². The van der Waals surface area contributed by atoms with Gasteiger partial charge in [-0.1, -0.05) is 25.1 Å². The molecule has 0 bridgehead atoms. The molecule has 0 N–H and O–H groups in total. The van der Waals surface area contributed by atoms with E-state index in [2.05, 4.69) is 5.10 Å². The molecule has 1 unspecified atom stereocenters. The van der Waals surface area contributed by atoms with Crippen molar-refractivity contribution in [2.75, 3.05) is 11.5 Å². The molecule has 0 aliphatic rings. The van der Waals surface area contributed by atoms with Gasteiger partial charge in [0.05, 0.1) is 10.6 Å². The SMILES string of the molecule is CCSC(CS(=O)(=O)c1ccccc1)n1ncn(C)c1=O. The predicted octanol–water partition coefficient (Wildman–Crippen LogP) is 1.31. The first kappa shape index (κ1) is 15.8. The van der Waals surface area contributed by atoms with Gasteiger partial charge in [0, 0.05) is 7.05 Å². The second-order valence-electron chi connectivity index (χ2n) is 4.47. The maximum atomic E-state index is 12.4. The van der Waals surface area contributed by atoms with Crippen molar-refractivity contribution in [1.82, 2.24) is 14.3 Å². The zero-order valence-corrected chi connectivity index (χ0v) is 13.5. The second-order valence-corrected chi connectivity index (χ2v) is 7.96. The average Bonchev–Trinajstić information content (AvgIpc) is 2.79. The summed E-state index contributed by atoms with van der Waals surface area (Å²) < 4.78 is 27.5. The number of aryl methyl sites for hydroxylation is 1. The van der Waals surface area contributed by atoms with Gasteiger partial charge in [-0.15, -0.1) is 11.8 Å². The molecule has 2 rings (SSSR count). The summed E-state index contributed by atoms with van der Waals surface area (Å²) in [6.07, 6.45) is 1.39. The number of aromatic nitrogens is 3. The number of benzene rings is 1. The Morgan fingerprint density at radius 3 is 2.48 bits per heavy atom. The highest BCUT2D eigenvalue weighted by atomic mass is 32.2. The van der Waals surface area contributed by atoms with E-state index in [1.807, 2.05) is 6.92 Å². The Kier molecular flexibility index (Phi) is 4.89. The number of nitrogens with zero attached hydrogens (tertiary/aromatic N) is 3. The molecule has 114 valence electrons. The van der Waals surface area contributed by atoms with E-state index in [9.17, 15) is 13.2 Å². The summed E-state index contributed by atoms with van der Waals surface area (Å²) in [6, 6.07) is 8.25. The van der Waals surface area contributed by atoms with Crippen molar-refractivity contribution in [2.45, 2.75) is 17.2 Å². The quantitative estimate of drug-likeness (QED) is 0.800. The molecule has 0 saturated heterocycles. The molecular weight excluding hydrogens is 310 g/mol. The van der Waals surface area contributed by atoms with Crippen LogP contribution < -0.4 is 5.69 Å². The van der Waals surface area contributed by atoms with E-state index in [0.717, 1.165) is 0 Å². The fourth-order valence-electron chi connectivity index (χ4n) is 1.88. The molecule has 0 fully saturated rings. The summed E-state index contributed by atoms with van der Waals surface area (Å²) >= 11 is 1.39. The van der Waals surface area contributed by atoms with E-state index < -0.39 is 15.2 Å². The van der Waals surface area contributed by atoms with Crippen LogP contribution in [-0.2, 0) is 16.9 Å². The summed E-state index contributed by atoms with van der Waals surface area (Å²) in [4.78, 5) is 12.2. The van der Waals surface area contributed by atoms with E-state index in [1.165, 1.54) is 27.3 Å². The highest BCUT2D eigenvalue weighted by Gasteiger charge is 2.24. The Morgan fingerprint density at radius 2 is 1.95 bits per heavy atom. The van der Waals surface area contributed by atoms with Crippen LogP contribution in [0.1, 0.15) is 12.3 Å². The lowest BCUT2D eigenvalue weighted by atomic mass is 10.4. The number of sulfone groups is 1. The third-order valence-corrected chi connectivity index (χ3v) is 5.98. The molecule has 1 atom stereocenters. The first-order valence-corrected chi connectivity index (χ1v) is 9.15. The molecular formula is C13H17N3O3S2. The van der Waals surface area contributed by atoms with Gasteiger partial charge in [0.15, 0.2) is 9.84 Å². The molecule has 0 spiro atoms. The van der Waals surface area contributed by atoms with Crippen molar-refractivity contribution in [1.29, 1.82) is 0 Å². The predicted molar refractivity (Wildman–Crippen MR) is 83.1 cm³/mol. The van der Waals surface area contributed by atoms with Crippen LogP contribution in [0.3, 0.4) is 0 Å². The molecule has 0 saturated carbocycles. The van der Waals surface area contributed by atoms with E-state index >= 15 is 0 Å². The van der Waals surface area contributed by atoms with Crippen molar-refractivity contribution < 1.29 is 8.42 Å². The first-order valence-electron chi connectivity index (χ1n) is 6.45. The van der Waals surface area contributed by atoms with E-state index in [4.69, 9.17) is 0 Å². The molecule has 0 aliphatic carbocycles. The first-order chi connectivity index (χ1) is 9.95. The Labute approximate surface area is 127 Å². The number of thioether (sulfide) groups is 1. The average molecular weight is 327 g/mol. The van der Waals surface area contributed by atoms with Gasteiger partial charge >= 0.3 is 5.69 Å². The maximum Gasteiger partial charge on any atom is 0.346 e. The van der Waals surface area contributed by atoms with Crippen LogP contribution in [0.15, 0.2) is 46.3 Å². The summed E-state index contributed by atoms with van der Waals surface area (Å²) in [6.45, 7) is 1.92. The molecule has 0 amide bonds. The van der Waals surface area contributed by atoms with Crippen molar-refractivity contribution in [3.63, 3.8) is 0 Å². The smallest absolute Gasteiger partial charge is 0.285 e. The molecule has 21 heavy (non-hydrogen) atoms. The van der Waals surface area contributed by atoms with E-state index in [1.54, 1.807) is 37.4 Å². The lowest BCUT2D eigenvalue weighted by molar-refractivity contribution is 0.567. The van der Waals surface area contributed by atoms with Crippen molar-refractivity contribution in [2.24, 2.45) is 7.05 Å². The van der Waals surface area contributed by atoms with Crippen molar-refractivity contribution in [3.05, 3.63) is 47.1 Å². The molecule has 2 aromatic rings. The third kappa shape index (κ3) is 3.56. The van der Waals surface area contributed by atoms with Crippen LogP contribution in [0.25, 0.3) is 0 Å². The summed E-state index contributed by atoms with van der Waals surface area (Å²) in [5, 5.41) is 3.46. The van der Waals surface area contributed by atoms with Gasteiger partial charge in [-0.05, 0) is 17.9 Å². The zero-order chi connectivity index (χ0) is 15.5. The van der Waals surface area contributed by atoms with Crippen molar-refractivity contribution in [3.8, 4) is 0 Å². The Morgan fingerprint density at radius 1 is 1.29 bits per heavy atom. The van der Waals surface area contributed by atoms with Gasteiger partial charge in [0.1, 0.15) is 11.7 Å². The lowest BCUT2D eigenvalue weighted by Crippen LogP contribution is -2.29. The summed E-state index contributed by atoms with van der Waals surface area (Å²) in [5.74, 6) is 0.532. The van der Waals surface area contributed by atoms with E-state index in [0.29, 0.717) is 5.75 Å². The standard InChI is InChI=1S/C13H17N3O3S2/c1-3-20-12(16-13(17)15(2)10-14-16)9-21(18,19)11-7-5-4-6-8-11/h4-8,10,12H,3,9H2,1-2H3. The summed E-state index contributed by atoms with van der Waals surface area (Å²) in [5.41, 5.74) is -0.316. The minimum Gasteiger partial charge on any atom is -0.285 e. The van der Waals surface area contributed by atoms with E-state index in [-0.39, 0.29) is 16.3 Å². The number of hydrogen-bond acceptors (Lipinski definition) is 5. The van der Waals surface area contributed by atoms with Crippen LogP contribution in [-0.4, -0.2) is 34.3 Å². The van der Waals surface area contributed by atoms with Crippen molar-refractivity contribution >= 4 is 21.6 Å². The van der Waals surface area contributed by atoms with Crippen LogP contribution in [0, 0.1) is 0 Å². The molecule has 1 aromatic heterocycles. The highest BCUT2D eigenvalue weighted by molar-refractivity contribution is 8.00. The largest absolute Gasteiger partial charge is 0.346 e. The molecule has 1 heterocycles. The molecule has 0 aliphatic heterocycles. The maximum absolute atomic E-state index is 12.4. The monoisotopic (exact) mass is 327 g/mol. The molecule has 0 radical (unpaired) electrons. The minimum atomic E-state index is -3.47. The minimum absolute atomic E-state index is 0.160. The van der Waals surface area contributed by atoms with Crippen LogP contribution in [0.4, 0.5) is 0 Å². The Bertz CT molecular complexity index is 750. The number of rotatable bonds is 6.